The number of hydrogen-bond acceptors (Lipinski definition) is 2. The first-order valence-corrected chi connectivity index (χ1v) is 37.1. The van der Waals surface area contributed by atoms with Gasteiger partial charge in [0.1, 0.15) is 22.3 Å². The summed E-state index contributed by atoms with van der Waals surface area (Å²) in [5.74, 6) is 0. The number of hydrogen-bond donors (Lipinski definition) is 0. The summed E-state index contributed by atoms with van der Waals surface area (Å²) in [6, 6.07) is 121. The van der Waals surface area contributed by atoms with E-state index in [9.17, 15) is 0 Å². The molecule has 18 aromatic carbocycles. The molecule has 1 unspecified atom stereocenters. The number of rotatable bonds is 10. The molecule has 0 fully saturated rings. The van der Waals surface area contributed by atoms with E-state index in [0.717, 1.165) is 78.1 Å². The van der Waals surface area contributed by atoms with Gasteiger partial charge in [-0.2, -0.15) is 0 Å². The molecule has 0 amide bonds. The van der Waals surface area contributed by atoms with E-state index in [1.807, 2.05) is 42.5 Å². The molecular formula is C106H66O2. The molecule has 0 N–H and O–H groups in total. The summed E-state index contributed by atoms with van der Waals surface area (Å²) in [7, 11) is 0. The molecule has 1 atom stereocenters. The number of allylic oxidation sites excluding steroid dienone is 3. The topological polar surface area (TPSA) is 26.3 Å². The van der Waals surface area contributed by atoms with Crippen LogP contribution in [0.1, 0.15) is 52.2 Å². The first-order chi connectivity index (χ1) is 55.7. The van der Waals surface area contributed by atoms with Gasteiger partial charge in [0.15, 0.2) is 0 Å². The third kappa shape index (κ3) is 8.96. The molecule has 108 heavy (non-hydrogen) atoms. The number of benzene rings is 18. The normalized spacial score (nSPS) is 15.2. The lowest BCUT2D eigenvalue weighted by molar-refractivity contribution is 0.661. The second-order valence-corrected chi connectivity index (χ2v) is 28.7. The fourth-order valence-electron chi connectivity index (χ4n) is 19.2. The monoisotopic (exact) mass is 1380 g/mol. The van der Waals surface area contributed by atoms with Gasteiger partial charge in [0.2, 0.25) is 0 Å². The molecule has 3 aliphatic rings. The Hall–Kier alpha value is -13.9. The Morgan fingerprint density at radius 1 is 0.269 bits per heavy atom. The van der Waals surface area contributed by atoms with Crippen LogP contribution in [0.25, 0.3) is 165 Å². The Morgan fingerprint density at radius 3 is 1.16 bits per heavy atom. The van der Waals surface area contributed by atoms with Crippen molar-refractivity contribution in [3.63, 3.8) is 0 Å². The second-order valence-electron chi connectivity index (χ2n) is 28.7. The molecule has 0 aliphatic heterocycles. The van der Waals surface area contributed by atoms with Gasteiger partial charge in [-0.05, 0) is 220 Å². The van der Waals surface area contributed by atoms with E-state index in [0.29, 0.717) is 5.56 Å². The van der Waals surface area contributed by atoms with Crippen LogP contribution in [0.4, 0.5) is 0 Å². The minimum atomic E-state index is -0.495. The van der Waals surface area contributed by atoms with Crippen molar-refractivity contribution in [2.45, 2.75) is 17.3 Å². The average molecular weight is 1380 g/mol. The van der Waals surface area contributed by atoms with Crippen LogP contribution in [0.15, 0.2) is 408 Å². The van der Waals surface area contributed by atoms with Gasteiger partial charge in [0.05, 0.1) is 17.7 Å². The Morgan fingerprint density at radius 2 is 0.648 bits per heavy atom. The quantitative estimate of drug-likeness (QED) is 0.101. The maximum atomic E-state index is 8.89. The first kappa shape index (κ1) is 56.6. The Balaban J connectivity index is 0.000000138. The fraction of sp³-hybridized carbons (Fsp3) is 0.0283. The molecule has 0 spiro atoms. The largest absolute Gasteiger partial charge is 0.456 e. The standard InChI is InChI=1S/C55H34O.C51H32O/c1-4-17-35(18-5-1)51-43-23-10-12-25-45(43)52(46-26-13-11-24-44(46)51)42-30-15-28-40-39(27-14-29-41(40)42)36-33-48-54-50(34-36)56-49-32-16-31-47(53(49)54)55(48,37-19-6-2-7-20-37)38-21-8-3-9-22-38;1-4-15-34(16-5-1)47-39-21-10-12-23-41(39)48(42-24-13-11-22-40(42)47)35-29-27-33(28-30-35)36-31-44-50-46(32-36)52-45-26-14-25-43(49(45)50)51(44,37-17-6-2-7-18-37)38-19-8-3-9-20-38/h1-34H;1-2,4-19,21-32H,20H2/i;1D,4D,5D,15D,16D. The zero-order chi connectivity index (χ0) is 75.4. The van der Waals surface area contributed by atoms with Crippen LogP contribution in [-0.4, -0.2) is 0 Å². The summed E-state index contributed by atoms with van der Waals surface area (Å²) >= 11 is 0. The Labute approximate surface area is 632 Å². The van der Waals surface area contributed by atoms with E-state index < -0.39 is 16.9 Å². The molecular weight excluding hydrogens is 1310 g/mol. The predicted octanol–water partition coefficient (Wildman–Crippen LogP) is 28.3. The zero-order valence-electron chi connectivity index (χ0n) is 63.6. The van der Waals surface area contributed by atoms with Gasteiger partial charge in [-0.25, -0.2) is 0 Å². The van der Waals surface area contributed by atoms with Gasteiger partial charge < -0.3 is 8.83 Å². The van der Waals surface area contributed by atoms with Crippen LogP contribution < -0.4 is 0 Å². The molecule has 20 aromatic rings. The molecule has 0 radical (unpaired) electrons. The summed E-state index contributed by atoms with van der Waals surface area (Å²) in [6.07, 6.45) is 7.18. The summed E-state index contributed by atoms with van der Waals surface area (Å²) in [5, 5.41) is 15.8. The van der Waals surface area contributed by atoms with Gasteiger partial charge in [0, 0.05) is 21.5 Å². The second kappa shape index (κ2) is 24.4. The van der Waals surface area contributed by atoms with E-state index >= 15 is 0 Å². The van der Waals surface area contributed by atoms with Gasteiger partial charge in [-0.3, -0.25) is 0 Å². The predicted molar refractivity (Wildman–Crippen MR) is 451 cm³/mol. The van der Waals surface area contributed by atoms with Crippen LogP contribution in [0.3, 0.4) is 0 Å². The Bertz CT molecular complexity index is 7350. The third-order valence-corrected chi connectivity index (χ3v) is 23.4. The van der Waals surface area contributed by atoms with Crippen LogP contribution in [0, 0.1) is 0 Å². The van der Waals surface area contributed by atoms with Gasteiger partial charge >= 0.3 is 0 Å². The minimum absolute atomic E-state index is 0.207. The molecule has 2 nitrogen and oxygen atoms in total. The SMILES string of the molecule is [2H]c1c([2H])c([2H])c(-c2c3ccccc3c(-c3ccc(-c4cc5c6c(c4)oc4cccc(c46)C5(C4=CC=C=CC4)c4ccccc4)cc3)c3ccccc23)c([2H])c1[2H].c1ccc(-c2c3ccccc3c(-c3cccc4c(-c5cc6c7c(c5)oc5cccc(c57)C6(c5ccccc5)c5ccccc5)cccc34)c3ccccc23)cc1. The van der Waals surface area contributed by atoms with Crippen molar-refractivity contribution in [2.75, 3.05) is 0 Å². The lowest BCUT2D eigenvalue weighted by Gasteiger charge is -2.36. The zero-order valence-corrected chi connectivity index (χ0v) is 58.6. The fourth-order valence-corrected chi connectivity index (χ4v) is 19.2. The number of furan rings is 2. The average Bonchev–Trinajstić information content (AvgIpc) is 1.49. The van der Waals surface area contributed by atoms with Crippen molar-refractivity contribution in [1.82, 2.24) is 0 Å². The minimum Gasteiger partial charge on any atom is -0.456 e. The number of fused-ring (bicyclic) bond motifs is 5. The smallest absolute Gasteiger partial charge is 0.136 e. The highest BCUT2D eigenvalue weighted by Crippen LogP contribution is 2.61. The maximum absolute atomic E-state index is 8.89. The lowest BCUT2D eigenvalue weighted by Crippen LogP contribution is -2.30. The van der Waals surface area contributed by atoms with Crippen molar-refractivity contribution in [2.24, 2.45) is 0 Å². The van der Waals surface area contributed by atoms with Crippen LogP contribution >= 0.6 is 0 Å². The summed E-state index contributed by atoms with van der Waals surface area (Å²) < 4.78 is 56.3. The first-order valence-electron chi connectivity index (χ1n) is 39.6. The van der Waals surface area contributed by atoms with Gasteiger partial charge in [-0.15, -0.1) is 5.73 Å². The highest BCUT2D eigenvalue weighted by atomic mass is 16.3. The molecule has 2 heterocycles. The maximum Gasteiger partial charge on any atom is 0.136 e. The molecule has 0 saturated heterocycles. The molecule has 2 heteroatoms. The van der Waals surface area contributed by atoms with E-state index in [2.05, 4.69) is 321 Å². The van der Waals surface area contributed by atoms with Crippen LogP contribution in [0.5, 0.6) is 0 Å². The van der Waals surface area contributed by atoms with Crippen molar-refractivity contribution in [1.29, 1.82) is 0 Å². The molecule has 0 saturated carbocycles. The van der Waals surface area contributed by atoms with Gasteiger partial charge in [-0.1, -0.05) is 340 Å². The van der Waals surface area contributed by atoms with Crippen LogP contribution in [-0.2, 0) is 10.8 Å². The third-order valence-electron chi connectivity index (χ3n) is 23.4. The summed E-state index contributed by atoms with van der Waals surface area (Å²) in [4.78, 5) is 0. The molecule has 23 rings (SSSR count). The van der Waals surface area contributed by atoms with E-state index in [1.54, 1.807) is 0 Å². The van der Waals surface area contributed by atoms with Crippen molar-refractivity contribution in [3.8, 4) is 66.8 Å². The van der Waals surface area contributed by atoms with Gasteiger partial charge in [0.25, 0.3) is 0 Å². The lowest BCUT2D eigenvalue weighted by atomic mass is 9.65. The van der Waals surface area contributed by atoms with Crippen molar-refractivity contribution in [3.05, 3.63) is 438 Å². The summed E-state index contributed by atoms with van der Waals surface area (Å²) in [5.41, 5.74) is 28.3. The van der Waals surface area contributed by atoms with E-state index in [1.165, 1.54) is 126 Å². The Kier molecular flexibility index (Phi) is 12.8. The van der Waals surface area contributed by atoms with E-state index in [4.69, 9.17) is 15.7 Å². The molecule has 2 aromatic heterocycles. The summed E-state index contributed by atoms with van der Waals surface area (Å²) in [6.45, 7) is 0. The molecule has 0 bridgehead atoms. The van der Waals surface area contributed by atoms with Crippen molar-refractivity contribution >= 4 is 97.7 Å². The molecule has 502 valence electrons. The molecule has 3 aliphatic carbocycles. The van der Waals surface area contributed by atoms with Crippen LogP contribution in [0.2, 0.25) is 0 Å². The van der Waals surface area contributed by atoms with E-state index in [-0.39, 0.29) is 29.7 Å². The highest BCUT2D eigenvalue weighted by Gasteiger charge is 2.49. The van der Waals surface area contributed by atoms with Crippen molar-refractivity contribution < 1.29 is 15.7 Å². The highest BCUT2D eigenvalue weighted by molar-refractivity contribution is 6.26.